The normalized spacial score (nSPS) is 12.0. The van der Waals surface area contributed by atoms with Crippen LogP contribution in [0.15, 0.2) is 48.9 Å². The number of benzene rings is 1. The number of hydrogen-bond donors (Lipinski definition) is 4. The second-order valence-electron chi connectivity index (χ2n) is 7.28. The van der Waals surface area contributed by atoms with Gasteiger partial charge in [-0.15, -0.1) is 0 Å². The van der Waals surface area contributed by atoms with E-state index in [-0.39, 0.29) is 11.6 Å². The molecule has 1 atom stereocenters. The van der Waals surface area contributed by atoms with E-state index in [1.807, 2.05) is 38.1 Å². The van der Waals surface area contributed by atoms with Gasteiger partial charge in [0.2, 0.25) is 5.91 Å². The molecule has 1 unspecified atom stereocenters. The van der Waals surface area contributed by atoms with E-state index in [0.717, 1.165) is 16.5 Å². The quantitative estimate of drug-likeness (QED) is 0.465. The van der Waals surface area contributed by atoms with Crippen LogP contribution in [-0.2, 0) is 4.79 Å². The molecule has 2 aromatic heterocycles. The highest BCUT2D eigenvalue weighted by atomic mass is 16.1. The van der Waals surface area contributed by atoms with Crippen molar-refractivity contribution in [1.29, 1.82) is 0 Å². The molecule has 0 aliphatic heterocycles. The van der Waals surface area contributed by atoms with Crippen LogP contribution in [0.4, 0.5) is 17.1 Å². The molecule has 0 saturated heterocycles. The second-order valence-corrected chi connectivity index (χ2v) is 7.28. The van der Waals surface area contributed by atoms with Crippen molar-refractivity contribution in [3.63, 3.8) is 0 Å². The SMILES string of the molecule is CC(C)CC(Nc1cnc(C(N)=O)c(Nc2ccc3cnccc3c2)c1)C(N)=O. The van der Waals surface area contributed by atoms with Crippen molar-refractivity contribution in [3.05, 3.63) is 54.6 Å². The van der Waals surface area contributed by atoms with Gasteiger partial charge >= 0.3 is 0 Å². The molecular weight excluding hydrogens is 368 g/mol. The lowest BCUT2D eigenvalue weighted by Crippen LogP contribution is -2.36. The third-order valence-corrected chi connectivity index (χ3v) is 4.43. The van der Waals surface area contributed by atoms with E-state index >= 15 is 0 Å². The Labute approximate surface area is 168 Å². The smallest absolute Gasteiger partial charge is 0.269 e. The molecule has 0 aliphatic carbocycles. The minimum Gasteiger partial charge on any atom is -0.372 e. The van der Waals surface area contributed by atoms with Crippen LogP contribution in [0, 0.1) is 5.92 Å². The summed E-state index contributed by atoms with van der Waals surface area (Å²) < 4.78 is 0. The van der Waals surface area contributed by atoms with E-state index in [2.05, 4.69) is 20.6 Å². The van der Waals surface area contributed by atoms with Crippen molar-refractivity contribution in [2.45, 2.75) is 26.3 Å². The number of nitrogens with zero attached hydrogens (tertiary/aromatic N) is 2. The second kappa shape index (κ2) is 8.55. The molecular formula is C21H24N6O2. The molecule has 150 valence electrons. The monoisotopic (exact) mass is 392 g/mol. The average molecular weight is 392 g/mol. The number of anilines is 3. The van der Waals surface area contributed by atoms with Crippen molar-refractivity contribution in [1.82, 2.24) is 9.97 Å². The van der Waals surface area contributed by atoms with E-state index in [1.54, 1.807) is 18.5 Å². The molecule has 0 spiro atoms. The van der Waals surface area contributed by atoms with E-state index < -0.39 is 17.9 Å². The zero-order valence-corrected chi connectivity index (χ0v) is 16.3. The molecule has 0 radical (unpaired) electrons. The Morgan fingerprint density at radius 3 is 2.52 bits per heavy atom. The van der Waals surface area contributed by atoms with Crippen LogP contribution >= 0.6 is 0 Å². The van der Waals surface area contributed by atoms with Gasteiger partial charge < -0.3 is 22.1 Å². The molecule has 8 nitrogen and oxygen atoms in total. The first-order valence-electron chi connectivity index (χ1n) is 9.30. The summed E-state index contributed by atoms with van der Waals surface area (Å²) in [5.41, 5.74) is 12.8. The van der Waals surface area contributed by atoms with Gasteiger partial charge in [0.15, 0.2) is 5.69 Å². The van der Waals surface area contributed by atoms with E-state index in [1.165, 1.54) is 6.20 Å². The molecule has 1 aromatic carbocycles. The summed E-state index contributed by atoms with van der Waals surface area (Å²) in [5.74, 6) is -0.824. The van der Waals surface area contributed by atoms with Gasteiger partial charge in [-0.05, 0) is 42.0 Å². The molecule has 0 fully saturated rings. The molecule has 3 aromatic rings. The maximum absolute atomic E-state index is 11.8. The summed E-state index contributed by atoms with van der Waals surface area (Å²) in [6, 6.07) is 8.79. The number of rotatable bonds is 8. The molecule has 3 rings (SSSR count). The van der Waals surface area contributed by atoms with Gasteiger partial charge in [0, 0.05) is 23.5 Å². The van der Waals surface area contributed by atoms with Crippen LogP contribution in [-0.4, -0.2) is 27.8 Å². The molecule has 0 bridgehead atoms. The fourth-order valence-corrected chi connectivity index (χ4v) is 3.07. The number of carbonyl (C=O) groups excluding carboxylic acids is 2. The van der Waals surface area contributed by atoms with Crippen LogP contribution in [0.2, 0.25) is 0 Å². The summed E-state index contributed by atoms with van der Waals surface area (Å²) in [7, 11) is 0. The number of primary amides is 2. The standard InChI is InChI=1S/C21H24N6O2/c1-12(2)7-18(20(22)28)27-16-9-17(19(21(23)29)25-11-16)26-15-4-3-14-10-24-6-5-13(14)8-15/h3-6,8-12,18,26-27H,7H2,1-2H3,(H2,22,28)(H2,23,29). The first kappa shape index (κ1) is 20.1. The maximum atomic E-state index is 11.8. The first-order valence-corrected chi connectivity index (χ1v) is 9.30. The largest absolute Gasteiger partial charge is 0.372 e. The Bertz CT molecular complexity index is 1050. The van der Waals surface area contributed by atoms with Gasteiger partial charge in [0.05, 0.1) is 17.6 Å². The van der Waals surface area contributed by atoms with Crippen LogP contribution in [0.5, 0.6) is 0 Å². The lowest BCUT2D eigenvalue weighted by molar-refractivity contribution is -0.119. The minimum atomic E-state index is -0.655. The lowest BCUT2D eigenvalue weighted by Gasteiger charge is -2.19. The summed E-state index contributed by atoms with van der Waals surface area (Å²) in [6.45, 7) is 4.02. The van der Waals surface area contributed by atoms with E-state index in [9.17, 15) is 9.59 Å². The first-order chi connectivity index (χ1) is 13.8. The van der Waals surface area contributed by atoms with Gasteiger partial charge in [-0.3, -0.25) is 14.6 Å². The Morgan fingerprint density at radius 2 is 1.83 bits per heavy atom. The Kier molecular flexibility index (Phi) is 5.92. The van der Waals surface area contributed by atoms with Gasteiger partial charge in [0.25, 0.3) is 5.91 Å². The van der Waals surface area contributed by atoms with Crippen molar-refractivity contribution in [3.8, 4) is 0 Å². The van der Waals surface area contributed by atoms with Gasteiger partial charge in [-0.2, -0.15) is 0 Å². The molecule has 0 aliphatic rings. The third kappa shape index (κ3) is 4.98. The zero-order chi connectivity index (χ0) is 21.0. The number of aromatic nitrogens is 2. The fourth-order valence-electron chi connectivity index (χ4n) is 3.07. The highest BCUT2D eigenvalue weighted by Gasteiger charge is 2.18. The van der Waals surface area contributed by atoms with E-state index in [0.29, 0.717) is 17.8 Å². The van der Waals surface area contributed by atoms with Crippen LogP contribution in [0.3, 0.4) is 0 Å². The van der Waals surface area contributed by atoms with Crippen molar-refractivity contribution in [2.24, 2.45) is 17.4 Å². The predicted molar refractivity (Wildman–Crippen MR) is 114 cm³/mol. The van der Waals surface area contributed by atoms with Crippen LogP contribution < -0.4 is 22.1 Å². The summed E-state index contributed by atoms with van der Waals surface area (Å²) in [4.78, 5) is 31.9. The van der Waals surface area contributed by atoms with Gasteiger partial charge in [-0.25, -0.2) is 4.98 Å². The van der Waals surface area contributed by atoms with Crippen molar-refractivity contribution in [2.75, 3.05) is 10.6 Å². The number of pyridine rings is 2. The summed E-state index contributed by atoms with van der Waals surface area (Å²) >= 11 is 0. The van der Waals surface area contributed by atoms with Crippen LogP contribution in [0.1, 0.15) is 30.8 Å². The Hall–Kier alpha value is -3.68. The third-order valence-electron chi connectivity index (χ3n) is 4.43. The lowest BCUT2D eigenvalue weighted by atomic mass is 10.0. The molecule has 2 amide bonds. The molecule has 29 heavy (non-hydrogen) atoms. The molecule has 8 heteroatoms. The number of fused-ring (bicyclic) bond motifs is 1. The number of amides is 2. The zero-order valence-electron chi connectivity index (χ0n) is 16.3. The van der Waals surface area contributed by atoms with Crippen LogP contribution in [0.25, 0.3) is 10.8 Å². The maximum Gasteiger partial charge on any atom is 0.269 e. The highest BCUT2D eigenvalue weighted by molar-refractivity contribution is 5.98. The molecule has 6 N–H and O–H groups in total. The predicted octanol–water partition coefficient (Wildman–Crippen LogP) is 2.78. The molecule has 2 heterocycles. The minimum absolute atomic E-state index is 0.102. The molecule has 0 saturated carbocycles. The summed E-state index contributed by atoms with van der Waals surface area (Å²) in [6.07, 6.45) is 5.53. The Morgan fingerprint density at radius 1 is 1.03 bits per heavy atom. The van der Waals surface area contributed by atoms with Gasteiger partial charge in [-0.1, -0.05) is 19.9 Å². The fraction of sp³-hybridized carbons (Fsp3) is 0.238. The number of hydrogen-bond acceptors (Lipinski definition) is 6. The van der Waals surface area contributed by atoms with Crippen molar-refractivity contribution < 1.29 is 9.59 Å². The topological polar surface area (TPSA) is 136 Å². The number of nitrogens with two attached hydrogens (primary N) is 2. The van der Waals surface area contributed by atoms with Gasteiger partial charge in [0.1, 0.15) is 6.04 Å². The van der Waals surface area contributed by atoms with E-state index in [4.69, 9.17) is 11.5 Å². The number of nitrogens with one attached hydrogen (secondary N) is 2. The summed E-state index contributed by atoms with van der Waals surface area (Å²) in [5, 5.41) is 8.28. The van der Waals surface area contributed by atoms with Crippen molar-refractivity contribution >= 4 is 39.6 Å². The average Bonchev–Trinajstić information content (AvgIpc) is 2.67. The highest BCUT2D eigenvalue weighted by Crippen LogP contribution is 2.26. The Balaban J connectivity index is 1.91. The number of carbonyl (C=O) groups is 2.